The summed E-state index contributed by atoms with van der Waals surface area (Å²) in [4.78, 5) is 4.36. The molecule has 2 aromatic carbocycles. The lowest BCUT2D eigenvalue weighted by Gasteiger charge is -2.24. The zero-order valence-electron chi connectivity index (χ0n) is 23.9. The molecule has 9 heteroatoms. The highest BCUT2D eigenvalue weighted by atomic mass is 16.5. The van der Waals surface area contributed by atoms with Gasteiger partial charge in [-0.2, -0.15) is 0 Å². The zero-order chi connectivity index (χ0) is 28.2. The van der Waals surface area contributed by atoms with Crippen molar-refractivity contribution in [2.24, 2.45) is 0 Å². The predicted molar refractivity (Wildman–Crippen MR) is 164 cm³/mol. The smallest absolute Gasteiger partial charge is 0.113 e. The quantitative estimate of drug-likeness (QED) is 0.145. The second-order valence-electron chi connectivity index (χ2n) is 9.93. The first-order valence-corrected chi connectivity index (χ1v) is 14.0. The molecule has 0 spiro atoms. The lowest BCUT2D eigenvalue weighted by atomic mass is 10.0. The fourth-order valence-corrected chi connectivity index (χ4v) is 4.93. The van der Waals surface area contributed by atoms with E-state index in [9.17, 15) is 0 Å². The maximum absolute atomic E-state index is 5.92. The third-order valence-electron chi connectivity index (χ3n) is 6.95. The monoisotopic (exact) mass is 542 g/mol. The van der Waals surface area contributed by atoms with Gasteiger partial charge >= 0.3 is 0 Å². The van der Waals surface area contributed by atoms with Gasteiger partial charge in [-0.15, -0.1) is 5.10 Å². The Balaban J connectivity index is 1.53. The van der Waals surface area contributed by atoms with E-state index < -0.39 is 0 Å². The summed E-state index contributed by atoms with van der Waals surface area (Å²) in [6, 6.07) is 14.9. The van der Waals surface area contributed by atoms with Gasteiger partial charge < -0.3 is 26.0 Å². The average molecular weight is 543 g/mol. The van der Waals surface area contributed by atoms with E-state index in [-0.39, 0.29) is 6.04 Å². The van der Waals surface area contributed by atoms with Gasteiger partial charge in [0.25, 0.3) is 0 Å². The number of hydrogen-bond donors (Lipinski definition) is 4. The molecule has 0 amide bonds. The number of nitrogens with one attached hydrogen (secondary N) is 4. The highest BCUT2D eigenvalue weighted by molar-refractivity contribution is 5.76. The van der Waals surface area contributed by atoms with Gasteiger partial charge in [0.1, 0.15) is 5.52 Å². The van der Waals surface area contributed by atoms with Crippen LogP contribution in [0.25, 0.3) is 16.7 Å². The van der Waals surface area contributed by atoms with Gasteiger partial charge in [-0.05, 0) is 92.9 Å². The Bertz CT molecular complexity index is 1370. The Morgan fingerprint density at radius 1 is 1.07 bits per heavy atom. The summed E-state index contributed by atoms with van der Waals surface area (Å²) < 4.78 is 7.84. The number of ether oxygens (including phenoxy) is 1. The number of benzene rings is 2. The first-order valence-electron chi connectivity index (χ1n) is 14.0. The molecule has 0 fully saturated rings. The summed E-state index contributed by atoms with van der Waals surface area (Å²) in [6.07, 6.45) is 9.36. The standard InChI is InChI=1S/C31H42N8O/c1-5-34-14-16-40-15-13-25-19-28(39-30-12-7-6-11-29(30)37-38-39)17-23(2)31(25)36-26(21-32-3)10-8-9-24-18-27(33-4)22-35-20-24/h5-7,11-12,17-20,22,26,32-34,36H,1,8-10,13-16,21H2,2-4H3. The van der Waals surface area contributed by atoms with Crippen molar-refractivity contribution in [3.8, 4) is 5.69 Å². The second kappa shape index (κ2) is 15.0. The molecule has 9 nitrogen and oxygen atoms in total. The number of fused-ring (bicyclic) bond motifs is 1. The number of hydrogen-bond acceptors (Lipinski definition) is 8. The molecular weight excluding hydrogens is 500 g/mol. The van der Waals surface area contributed by atoms with Crippen LogP contribution in [0.4, 0.5) is 11.4 Å². The molecule has 0 aliphatic rings. The summed E-state index contributed by atoms with van der Waals surface area (Å²) in [5, 5.41) is 22.3. The minimum atomic E-state index is 0.277. The topological polar surface area (TPSA) is 101 Å². The third kappa shape index (κ3) is 7.80. The van der Waals surface area contributed by atoms with Crippen LogP contribution in [-0.4, -0.2) is 66.4 Å². The average Bonchev–Trinajstić information content (AvgIpc) is 3.41. The van der Waals surface area contributed by atoms with Gasteiger partial charge in [-0.3, -0.25) is 4.98 Å². The number of para-hydroxylation sites is 1. The summed E-state index contributed by atoms with van der Waals surface area (Å²) in [7, 11) is 3.93. The fourth-order valence-electron chi connectivity index (χ4n) is 4.93. The lowest BCUT2D eigenvalue weighted by Crippen LogP contribution is -2.32. The third-order valence-corrected chi connectivity index (χ3v) is 6.95. The van der Waals surface area contributed by atoms with Crippen molar-refractivity contribution in [1.29, 1.82) is 0 Å². The van der Waals surface area contributed by atoms with Crippen LogP contribution in [0.3, 0.4) is 0 Å². The molecule has 40 heavy (non-hydrogen) atoms. The van der Waals surface area contributed by atoms with Crippen molar-refractivity contribution >= 4 is 22.4 Å². The van der Waals surface area contributed by atoms with Crippen LogP contribution < -0.4 is 21.3 Å². The Kier molecular flexibility index (Phi) is 10.9. The molecule has 1 unspecified atom stereocenters. The molecule has 0 radical (unpaired) electrons. The Labute approximate surface area is 237 Å². The SMILES string of the molecule is C=CNCCOCCc1cc(-n2nnc3ccccc32)cc(C)c1NC(CCCc1cncc(NC)c1)CNC. The van der Waals surface area contributed by atoms with E-state index in [1.165, 1.54) is 22.4 Å². The van der Waals surface area contributed by atoms with Crippen LogP contribution in [-0.2, 0) is 17.6 Å². The van der Waals surface area contributed by atoms with Crippen molar-refractivity contribution in [3.05, 3.63) is 84.3 Å². The van der Waals surface area contributed by atoms with E-state index in [2.05, 4.69) is 74.3 Å². The number of pyridine rings is 1. The number of aromatic nitrogens is 4. The Hall–Kier alpha value is -3.95. The molecule has 4 rings (SSSR count). The minimum absolute atomic E-state index is 0.277. The molecular formula is C31H42N8O. The molecule has 212 valence electrons. The molecule has 4 N–H and O–H groups in total. The molecule has 0 bridgehead atoms. The summed E-state index contributed by atoms with van der Waals surface area (Å²) in [5.41, 5.74) is 8.72. The van der Waals surface area contributed by atoms with Gasteiger partial charge in [0.05, 0.1) is 30.1 Å². The number of anilines is 2. The van der Waals surface area contributed by atoms with Gasteiger partial charge in [0, 0.05) is 44.3 Å². The molecule has 4 aromatic rings. The number of aryl methyl sites for hydroxylation is 2. The highest BCUT2D eigenvalue weighted by Crippen LogP contribution is 2.28. The van der Waals surface area contributed by atoms with Crippen molar-refractivity contribution in [3.63, 3.8) is 0 Å². The van der Waals surface area contributed by atoms with Gasteiger partial charge in [-0.25, -0.2) is 4.68 Å². The van der Waals surface area contributed by atoms with E-state index in [0.717, 1.165) is 61.2 Å². The first-order chi connectivity index (χ1) is 19.6. The van der Waals surface area contributed by atoms with Gasteiger partial charge in [-0.1, -0.05) is 23.9 Å². The van der Waals surface area contributed by atoms with Crippen LogP contribution in [0.2, 0.25) is 0 Å². The fraction of sp³-hybridized carbons (Fsp3) is 0.387. The molecule has 0 aliphatic heterocycles. The molecule has 2 aromatic heterocycles. The zero-order valence-corrected chi connectivity index (χ0v) is 23.9. The van der Waals surface area contributed by atoms with Crippen molar-refractivity contribution in [2.75, 3.05) is 51.0 Å². The van der Waals surface area contributed by atoms with E-state index in [0.29, 0.717) is 13.2 Å². The number of nitrogens with zero attached hydrogens (tertiary/aromatic N) is 4. The maximum Gasteiger partial charge on any atom is 0.113 e. The van der Waals surface area contributed by atoms with Crippen molar-refractivity contribution < 1.29 is 4.74 Å². The van der Waals surface area contributed by atoms with E-state index in [4.69, 9.17) is 4.74 Å². The van der Waals surface area contributed by atoms with E-state index in [1.54, 1.807) is 6.20 Å². The molecule has 0 saturated carbocycles. The lowest BCUT2D eigenvalue weighted by molar-refractivity contribution is 0.141. The first kappa shape index (κ1) is 29.0. The summed E-state index contributed by atoms with van der Waals surface area (Å²) >= 11 is 0. The maximum atomic E-state index is 5.92. The second-order valence-corrected chi connectivity index (χ2v) is 9.93. The molecule has 0 saturated heterocycles. The molecule has 2 heterocycles. The van der Waals surface area contributed by atoms with Gasteiger partial charge in [0.2, 0.25) is 0 Å². The summed E-state index contributed by atoms with van der Waals surface area (Å²) in [6.45, 7) is 8.72. The largest absolute Gasteiger partial charge is 0.389 e. The predicted octanol–water partition coefficient (Wildman–Crippen LogP) is 4.48. The van der Waals surface area contributed by atoms with Crippen molar-refractivity contribution in [1.82, 2.24) is 30.6 Å². The van der Waals surface area contributed by atoms with Crippen LogP contribution in [0.5, 0.6) is 0 Å². The van der Waals surface area contributed by atoms with Gasteiger partial charge in [0.15, 0.2) is 0 Å². The van der Waals surface area contributed by atoms with E-state index in [1.807, 2.05) is 49.4 Å². The number of likely N-dealkylation sites (N-methyl/N-ethyl adjacent to an activating group) is 1. The van der Waals surface area contributed by atoms with Crippen LogP contribution in [0.15, 0.2) is 67.6 Å². The Morgan fingerprint density at radius 3 is 2.77 bits per heavy atom. The molecule has 1 atom stereocenters. The molecule has 0 aliphatic carbocycles. The van der Waals surface area contributed by atoms with Crippen LogP contribution >= 0.6 is 0 Å². The number of rotatable bonds is 17. The van der Waals surface area contributed by atoms with Crippen LogP contribution in [0, 0.1) is 6.92 Å². The normalized spacial score (nSPS) is 11.9. The Morgan fingerprint density at radius 2 is 1.95 bits per heavy atom. The highest BCUT2D eigenvalue weighted by Gasteiger charge is 2.16. The minimum Gasteiger partial charge on any atom is -0.389 e. The van der Waals surface area contributed by atoms with E-state index >= 15 is 0 Å². The summed E-state index contributed by atoms with van der Waals surface area (Å²) in [5.74, 6) is 0. The van der Waals surface area contributed by atoms with Crippen LogP contribution in [0.1, 0.15) is 29.5 Å². The van der Waals surface area contributed by atoms with Crippen molar-refractivity contribution in [2.45, 2.75) is 38.6 Å².